The minimum atomic E-state index is 0.297. The van der Waals surface area contributed by atoms with E-state index in [4.69, 9.17) is 9.26 Å². The molecule has 0 amide bonds. The van der Waals surface area contributed by atoms with Crippen LogP contribution in [0.3, 0.4) is 0 Å². The van der Waals surface area contributed by atoms with Gasteiger partial charge in [-0.3, -0.25) is 0 Å². The van der Waals surface area contributed by atoms with Crippen molar-refractivity contribution in [2.45, 2.75) is 32.1 Å². The standard InChI is InChI=1S/C13H16N2O2S/c1-8(2)11-5-10(7-18-11)13-14-12(15-17-13)9-3-4-16-6-9/h5,7-9H,3-4,6H2,1-2H3/t9-/m0/s1. The van der Waals surface area contributed by atoms with Crippen LogP contribution in [-0.2, 0) is 4.74 Å². The van der Waals surface area contributed by atoms with E-state index in [-0.39, 0.29) is 0 Å². The molecule has 1 saturated heterocycles. The molecule has 3 rings (SSSR count). The lowest BCUT2D eigenvalue weighted by atomic mass is 10.1. The second-order valence-electron chi connectivity index (χ2n) is 4.91. The Morgan fingerprint density at radius 1 is 1.44 bits per heavy atom. The maximum Gasteiger partial charge on any atom is 0.258 e. The molecule has 0 saturated carbocycles. The molecule has 0 N–H and O–H groups in total. The van der Waals surface area contributed by atoms with Crippen LogP contribution in [0.2, 0.25) is 0 Å². The van der Waals surface area contributed by atoms with Gasteiger partial charge < -0.3 is 9.26 Å². The third-order valence-corrected chi connectivity index (χ3v) is 4.41. The first-order valence-corrected chi connectivity index (χ1v) is 7.12. The van der Waals surface area contributed by atoms with Gasteiger partial charge in [0, 0.05) is 22.8 Å². The molecule has 3 heterocycles. The van der Waals surface area contributed by atoms with E-state index in [2.05, 4.69) is 35.4 Å². The molecule has 4 nitrogen and oxygen atoms in total. The van der Waals surface area contributed by atoms with Gasteiger partial charge in [0.15, 0.2) is 5.82 Å². The lowest BCUT2D eigenvalue weighted by Gasteiger charge is -1.97. The summed E-state index contributed by atoms with van der Waals surface area (Å²) in [6.45, 7) is 5.87. The van der Waals surface area contributed by atoms with Gasteiger partial charge in [0.2, 0.25) is 0 Å². The molecule has 0 bridgehead atoms. The van der Waals surface area contributed by atoms with E-state index in [1.807, 2.05) is 0 Å². The van der Waals surface area contributed by atoms with Crippen LogP contribution in [0.15, 0.2) is 16.0 Å². The smallest absolute Gasteiger partial charge is 0.258 e. The Morgan fingerprint density at radius 3 is 3.00 bits per heavy atom. The van der Waals surface area contributed by atoms with E-state index in [1.54, 1.807) is 11.3 Å². The monoisotopic (exact) mass is 264 g/mol. The molecule has 0 radical (unpaired) electrons. The fraction of sp³-hybridized carbons (Fsp3) is 0.538. The first-order chi connectivity index (χ1) is 8.74. The molecular formula is C13H16N2O2S. The highest BCUT2D eigenvalue weighted by molar-refractivity contribution is 7.10. The molecule has 2 aromatic heterocycles. The summed E-state index contributed by atoms with van der Waals surface area (Å²) >= 11 is 1.74. The van der Waals surface area contributed by atoms with Crippen molar-refractivity contribution >= 4 is 11.3 Å². The van der Waals surface area contributed by atoms with Crippen molar-refractivity contribution in [1.29, 1.82) is 0 Å². The van der Waals surface area contributed by atoms with Gasteiger partial charge >= 0.3 is 0 Å². The van der Waals surface area contributed by atoms with Gasteiger partial charge in [-0.2, -0.15) is 4.98 Å². The summed E-state index contributed by atoms with van der Waals surface area (Å²) in [5.74, 6) is 2.24. The van der Waals surface area contributed by atoms with Crippen LogP contribution in [0.4, 0.5) is 0 Å². The van der Waals surface area contributed by atoms with Crippen LogP contribution >= 0.6 is 11.3 Å². The Kier molecular flexibility index (Phi) is 3.18. The lowest BCUT2D eigenvalue weighted by molar-refractivity contribution is 0.192. The van der Waals surface area contributed by atoms with E-state index >= 15 is 0 Å². The third-order valence-electron chi connectivity index (χ3n) is 3.17. The summed E-state index contributed by atoms with van der Waals surface area (Å²) < 4.78 is 10.7. The number of rotatable bonds is 3. The van der Waals surface area contributed by atoms with E-state index in [9.17, 15) is 0 Å². The number of hydrogen-bond donors (Lipinski definition) is 0. The molecule has 1 atom stereocenters. The molecule has 0 spiro atoms. The van der Waals surface area contributed by atoms with Gasteiger partial charge in [0.1, 0.15) is 0 Å². The molecule has 0 aliphatic carbocycles. The zero-order valence-corrected chi connectivity index (χ0v) is 11.4. The number of thiophene rings is 1. The number of ether oxygens (including phenoxy) is 1. The zero-order chi connectivity index (χ0) is 12.5. The second-order valence-corrected chi connectivity index (χ2v) is 5.85. The van der Waals surface area contributed by atoms with E-state index in [0.29, 0.717) is 24.3 Å². The van der Waals surface area contributed by atoms with E-state index in [0.717, 1.165) is 24.4 Å². The molecule has 1 aliphatic heterocycles. The summed E-state index contributed by atoms with van der Waals surface area (Å²) in [6.07, 6.45) is 0.986. The molecule has 0 aromatic carbocycles. The lowest BCUT2D eigenvalue weighted by Crippen LogP contribution is -1.99. The van der Waals surface area contributed by atoms with Gasteiger partial charge in [-0.15, -0.1) is 11.3 Å². The Balaban J connectivity index is 1.83. The van der Waals surface area contributed by atoms with Crippen molar-refractivity contribution in [3.8, 4) is 11.5 Å². The highest BCUT2D eigenvalue weighted by Crippen LogP contribution is 2.30. The molecule has 5 heteroatoms. The van der Waals surface area contributed by atoms with Crippen LogP contribution < -0.4 is 0 Å². The fourth-order valence-corrected chi connectivity index (χ4v) is 2.92. The summed E-state index contributed by atoms with van der Waals surface area (Å²) in [5, 5.41) is 6.15. The van der Waals surface area contributed by atoms with Crippen LogP contribution in [0.1, 0.15) is 42.8 Å². The minimum Gasteiger partial charge on any atom is -0.381 e. The maximum atomic E-state index is 5.35. The van der Waals surface area contributed by atoms with Crippen LogP contribution in [-0.4, -0.2) is 23.4 Å². The fourth-order valence-electron chi connectivity index (χ4n) is 2.02. The van der Waals surface area contributed by atoms with Crippen LogP contribution in [0, 0.1) is 0 Å². The van der Waals surface area contributed by atoms with E-state index in [1.165, 1.54) is 4.88 Å². The first-order valence-electron chi connectivity index (χ1n) is 6.24. The van der Waals surface area contributed by atoms with Gasteiger partial charge in [-0.1, -0.05) is 19.0 Å². The molecule has 0 unspecified atom stereocenters. The summed E-state index contributed by atoms with van der Waals surface area (Å²) in [5.41, 5.74) is 1.03. The average Bonchev–Trinajstić information content (AvgIpc) is 3.10. The van der Waals surface area contributed by atoms with Crippen molar-refractivity contribution in [2.24, 2.45) is 0 Å². The van der Waals surface area contributed by atoms with Crippen molar-refractivity contribution in [3.05, 3.63) is 22.1 Å². The predicted octanol–water partition coefficient (Wildman–Crippen LogP) is 3.43. The molecule has 1 aliphatic rings. The van der Waals surface area contributed by atoms with Gasteiger partial charge in [0.25, 0.3) is 5.89 Å². The van der Waals surface area contributed by atoms with Crippen LogP contribution in [0.25, 0.3) is 11.5 Å². The Bertz CT molecular complexity index is 527. The number of aromatic nitrogens is 2. The van der Waals surface area contributed by atoms with E-state index < -0.39 is 0 Å². The topological polar surface area (TPSA) is 48.2 Å². The predicted molar refractivity (Wildman–Crippen MR) is 69.9 cm³/mol. The molecule has 1 fully saturated rings. The Hall–Kier alpha value is -1.20. The van der Waals surface area contributed by atoms with Crippen molar-refractivity contribution in [3.63, 3.8) is 0 Å². The quantitative estimate of drug-likeness (QED) is 0.852. The second kappa shape index (κ2) is 4.82. The largest absolute Gasteiger partial charge is 0.381 e. The Morgan fingerprint density at radius 2 is 2.33 bits per heavy atom. The summed E-state index contributed by atoms with van der Waals surface area (Å²) in [4.78, 5) is 5.83. The average molecular weight is 264 g/mol. The third kappa shape index (κ3) is 2.20. The van der Waals surface area contributed by atoms with Crippen LogP contribution in [0.5, 0.6) is 0 Å². The van der Waals surface area contributed by atoms with Crippen molar-refractivity contribution < 1.29 is 9.26 Å². The van der Waals surface area contributed by atoms with Gasteiger partial charge in [0.05, 0.1) is 12.2 Å². The zero-order valence-electron chi connectivity index (χ0n) is 10.5. The Labute approximate surface area is 110 Å². The molecular weight excluding hydrogens is 248 g/mol. The first kappa shape index (κ1) is 11.9. The number of hydrogen-bond acceptors (Lipinski definition) is 5. The maximum absolute atomic E-state index is 5.35. The summed E-state index contributed by atoms with van der Waals surface area (Å²) in [7, 11) is 0. The SMILES string of the molecule is CC(C)c1cc(-c2nc([C@H]3CCOC3)no2)cs1. The normalized spacial score (nSPS) is 19.8. The highest BCUT2D eigenvalue weighted by Gasteiger charge is 2.23. The van der Waals surface area contributed by atoms with Gasteiger partial charge in [-0.05, 0) is 18.4 Å². The molecule has 18 heavy (non-hydrogen) atoms. The molecule has 96 valence electrons. The summed E-state index contributed by atoms with van der Waals surface area (Å²) in [6, 6.07) is 2.14. The van der Waals surface area contributed by atoms with Crippen molar-refractivity contribution in [2.75, 3.05) is 13.2 Å². The highest BCUT2D eigenvalue weighted by atomic mass is 32.1. The van der Waals surface area contributed by atoms with Gasteiger partial charge in [-0.25, -0.2) is 0 Å². The number of nitrogens with zero attached hydrogens (tertiary/aromatic N) is 2. The molecule has 2 aromatic rings. The minimum absolute atomic E-state index is 0.297. The van der Waals surface area contributed by atoms with Crippen molar-refractivity contribution in [1.82, 2.24) is 10.1 Å².